The minimum atomic E-state index is -0.422. The summed E-state index contributed by atoms with van der Waals surface area (Å²) in [5.74, 6) is 0.714. The topological polar surface area (TPSA) is 64.4 Å². The number of rotatable bonds is 6. The van der Waals surface area contributed by atoms with Crippen molar-refractivity contribution in [1.82, 2.24) is 5.32 Å². The number of hydrogen-bond donors (Lipinski definition) is 2. The van der Waals surface area contributed by atoms with Crippen LogP contribution in [0, 0.1) is 0 Å². The molecule has 1 aromatic rings. The van der Waals surface area contributed by atoms with Gasteiger partial charge in [0.25, 0.3) is 0 Å². The Morgan fingerprint density at radius 2 is 2.33 bits per heavy atom. The van der Waals surface area contributed by atoms with E-state index in [1.54, 1.807) is 0 Å². The first-order valence-electron chi connectivity index (χ1n) is 6.08. The van der Waals surface area contributed by atoms with Gasteiger partial charge in [-0.05, 0) is 23.8 Å². The molecule has 0 bridgehead atoms. The third-order valence-electron chi connectivity index (χ3n) is 2.84. The molecule has 0 aliphatic carbocycles. The van der Waals surface area contributed by atoms with E-state index in [0.717, 1.165) is 18.7 Å². The number of benzene rings is 1. The second kappa shape index (κ2) is 6.78. The summed E-state index contributed by atoms with van der Waals surface area (Å²) in [7, 11) is 0. The molecule has 0 spiro atoms. The number of hydrogen-bond acceptors (Lipinski definition) is 4. The summed E-state index contributed by atoms with van der Waals surface area (Å²) >= 11 is 1.91. The van der Waals surface area contributed by atoms with Crippen LogP contribution in [-0.2, 0) is 9.53 Å². The number of carbonyl (C=O) groups excluding carboxylic acids is 1. The van der Waals surface area contributed by atoms with E-state index >= 15 is 0 Å². The van der Waals surface area contributed by atoms with Crippen molar-refractivity contribution in [3.63, 3.8) is 0 Å². The van der Waals surface area contributed by atoms with Crippen LogP contribution in [0.25, 0.3) is 0 Å². The highest BCUT2D eigenvalue weighted by molar-refractivity contribution is 7.99. The van der Waals surface area contributed by atoms with Crippen molar-refractivity contribution in [2.75, 3.05) is 25.5 Å². The molecule has 4 nitrogen and oxygen atoms in total. The SMILES string of the molecule is NC(=O)COCCNC1CCSc2ccccc21. The third kappa shape index (κ3) is 3.73. The van der Waals surface area contributed by atoms with Crippen molar-refractivity contribution in [3.05, 3.63) is 29.8 Å². The molecule has 0 saturated carbocycles. The molecule has 98 valence electrons. The van der Waals surface area contributed by atoms with Crippen molar-refractivity contribution in [2.45, 2.75) is 17.4 Å². The van der Waals surface area contributed by atoms with Gasteiger partial charge in [0.2, 0.25) is 5.91 Å². The summed E-state index contributed by atoms with van der Waals surface area (Å²) in [6.45, 7) is 1.24. The highest BCUT2D eigenvalue weighted by Crippen LogP contribution is 2.35. The standard InChI is InChI=1S/C13H18N2O2S/c14-13(16)9-17-7-6-15-11-5-8-18-12-4-2-1-3-10(11)12/h1-4,11,15H,5-9H2,(H2,14,16). The Kier molecular flexibility index (Phi) is 5.04. The monoisotopic (exact) mass is 266 g/mol. The molecule has 0 fully saturated rings. The Bertz CT molecular complexity index is 412. The maximum absolute atomic E-state index is 10.5. The Morgan fingerprint density at radius 1 is 1.50 bits per heavy atom. The van der Waals surface area contributed by atoms with Crippen LogP contribution >= 0.6 is 11.8 Å². The zero-order valence-electron chi connectivity index (χ0n) is 10.2. The quantitative estimate of drug-likeness (QED) is 0.762. The fraction of sp³-hybridized carbons (Fsp3) is 0.462. The Balaban J connectivity index is 1.79. The maximum atomic E-state index is 10.5. The van der Waals surface area contributed by atoms with E-state index in [9.17, 15) is 4.79 Å². The first kappa shape index (κ1) is 13.4. The molecule has 1 amide bonds. The van der Waals surface area contributed by atoms with E-state index in [-0.39, 0.29) is 6.61 Å². The molecule has 1 aliphatic rings. The Hall–Kier alpha value is -1.04. The summed E-state index contributed by atoms with van der Waals surface area (Å²) < 4.78 is 5.13. The maximum Gasteiger partial charge on any atom is 0.243 e. The minimum Gasteiger partial charge on any atom is -0.370 e. The van der Waals surface area contributed by atoms with Crippen LogP contribution in [0.3, 0.4) is 0 Å². The van der Waals surface area contributed by atoms with Gasteiger partial charge in [0, 0.05) is 17.5 Å². The Labute approximate surface area is 111 Å². The van der Waals surface area contributed by atoms with E-state index < -0.39 is 5.91 Å². The lowest BCUT2D eigenvalue weighted by atomic mass is 10.0. The number of primary amides is 1. The van der Waals surface area contributed by atoms with Crippen LogP contribution in [0.1, 0.15) is 18.0 Å². The summed E-state index contributed by atoms with van der Waals surface area (Å²) in [4.78, 5) is 11.9. The highest BCUT2D eigenvalue weighted by Gasteiger charge is 2.19. The predicted octanol–water partition coefficient (Wildman–Crippen LogP) is 1.31. The van der Waals surface area contributed by atoms with Gasteiger partial charge in [0.15, 0.2) is 0 Å². The van der Waals surface area contributed by atoms with Crippen molar-refractivity contribution >= 4 is 17.7 Å². The molecular weight excluding hydrogens is 248 g/mol. The van der Waals surface area contributed by atoms with Gasteiger partial charge >= 0.3 is 0 Å². The van der Waals surface area contributed by atoms with Crippen molar-refractivity contribution in [1.29, 1.82) is 0 Å². The molecule has 1 heterocycles. The molecule has 0 saturated heterocycles. The van der Waals surface area contributed by atoms with E-state index in [2.05, 4.69) is 29.6 Å². The second-order valence-corrected chi connectivity index (χ2v) is 5.34. The van der Waals surface area contributed by atoms with Crippen LogP contribution in [-0.4, -0.2) is 31.4 Å². The fourth-order valence-corrected chi connectivity index (χ4v) is 3.16. The normalized spacial score (nSPS) is 18.3. The summed E-state index contributed by atoms with van der Waals surface area (Å²) in [6.07, 6.45) is 1.12. The van der Waals surface area contributed by atoms with Crippen LogP contribution < -0.4 is 11.1 Å². The first-order valence-corrected chi connectivity index (χ1v) is 7.07. The number of amides is 1. The van der Waals surface area contributed by atoms with Crippen LogP contribution in [0.2, 0.25) is 0 Å². The summed E-state index contributed by atoms with van der Waals surface area (Å²) in [6, 6.07) is 8.87. The first-order chi connectivity index (χ1) is 8.77. The van der Waals surface area contributed by atoms with E-state index in [1.165, 1.54) is 10.5 Å². The largest absolute Gasteiger partial charge is 0.370 e. The molecule has 1 aromatic carbocycles. The fourth-order valence-electron chi connectivity index (χ4n) is 2.03. The van der Waals surface area contributed by atoms with Gasteiger partial charge in [-0.1, -0.05) is 18.2 Å². The van der Waals surface area contributed by atoms with Gasteiger partial charge in [-0.25, -0.2) is 0 Å². The summed E-state index contributed by atoms with van der Waals surface area (Å²) in [5.41, 5.74) is 6.36. The number of ether oxygens (including phenoxy) is 1. The molecule has 1 unspecified atom stereocenters. The molecular formula is C13H18N2O2S. The molecule has 2 rings (SSSR count). The second-order valence-electron chi connectivity index (χ2n) is 4.20. The molecule has 3 N–H and O–H groups in total. The predicted molar refractivity (Wildman–Crippen MR) is 72.5 cm³/mol. The van der Waals surface area contributed by atoms with E-state index in [4.69, 9.17) is 10.5 Å². The van der Waals surface area contributed by atoms with Crippen LogP contribution in [0.5, 0.6) is 0 Å². The molecule has 1 aliphatic heterocycles. The van der Waals surface area contributed by atoms with E-state index in [1.807, 2.05) is 11.8 Å². The molecule has 1 atom stereocenters. The lowest BCUT2D eigenvalue weighted by molar-refractivity contribution is -0.122. The van der Waals surface area contributed by atoms with Crippen LogP contribution in [0.4, 0.5) is 0 Å². The van der Waals surface area contributed by atoms with Crippen LogP contribution in [0.15, 0.2) is 29.2 Å². The number of nitrogens with one attached hydrogen (secondary N) is 1. The average molecular weight is 266 g/mol. The summed E-state index contributed by atoms with van der Waals surface area (Å²) in [5, 5.41) is 3.46. The lowest BCUT2D eigenvalue weighted by Gasteiger charge is -2.25. The minimum absolute atomic E-state index is 0.00120. The van der Waals surface area contributed by atoms with Crippen molar-refractivity contribution in [2.24, 2.45) is 5.73 Å². The number of fused-ring (bicyclic) bond motifs is 1. The van der Waals surface area contributed by atoms with Crippen molar-refractivity contribution in [3.8, 4) is 0 Å². The Morgan fingerprint density at radius 3 is 3.17 bits per heavy atom. The van der Waals surface area contributed by atoms with Crippen molar-refractivity contribution < 1.29 is 9.53 Å². The molecule has 0 aromatic heterocycles. The number of thioether (sulfide) groups is 1. The zero-order valence-corrected chi connectivity index (χ0v) is 11.0. The van der Waals surface area contributed by atoms with Gasteiger partial charge in [0.05, 0.1) is 6.61 Å². The van der Waals surface area contributed by atoms with Gasteiger partial charge in [0.1, 0.15) is 6.61 Å². The van der Waals surface area contributed by atoms with Gasteiger partial charge < -0.3 is 15.8 Å². The molecule has 18 heavy (non-hydrogen) atoms. The highest BCUT2D eigenvalue weighted by atomic mass is 32.2. The number of carbonyl (C=O) groups is 1. The lowest BCUT2D eigenvalue weighted by Crippen LogP contribution is -2.29. The van der Waals surface area contributed by atoms with E-state index in [0.29, 0.717) is 12.6 Å². The molecule has 0 radical (unpaired) electrons. The van der Waals surface area contributed by atoms with Gasteiger partial charge in [-0.3, -0.25) is 4.79 Å². The third-order valence-corrected chi connectivity index (χ3v) is 3.96. The average Bonchev–Trinajstić information content (AvgIpc) is 2.38. The number of nitrogens with two attached hydrogens (primary N) is 1. The smallest absolute Gasteiger partial charge is 0.243 e. The van der Waals surface area contributed by atoms with Gasteiger partial charge in [-0.15, -0.1) is 11.8 Å². The molecule has 5 heteroatoms. The van der Waals surface area contributed by atoms with Gasteiger partial charge in [-0.2, -0.15) is 0 Å². The zero-order chi connectivity index (χ0) is 12.8.